The standard InChI is InChI=1S/C11H11N/c1-3-4-5-6-8-11(2)9-7-10-12/h3-9H,1-2H2. The first kappa shape index (κ1) is 10.2. The van der Waals surface area contributed by atoms with Crippen LogP contribution in [0.4, 0.5) is 0 Å². The van der Waals surface area contributed by atoms with E-state index in [0.717, 1.165) is 5.57 Å². The molecule has 0 fully saturated rings. The summed E-state index contributed by atoms with van der Waals surface area (Å²) < 4.78 is 0. The molecule has 0 N–H and O–H groups in total. The lowest BCUT2D eigenvalue weighted by molar-refractivity contribution is 1.53. The van der Waals surface area contributed by atoms with Gasteiger partial charge in [0, 0.05) is 6.08 Å². The van der Waals surface area contributed by atoms with E-state index < -0.39 is 0 Å². The molecule has 0 aromatic rings. The first-order valence-corrected chi connectivity index (χ1v) is 3.52. The van der Waals surface area contributed by atoms with Gasteiger partial charge in [-0.15, -0.1) is 0 Å². The van der Waals surface area contributed by atoms with Crippen LogP contribution < -0.4 is 0 Å². The lowest BCUT2D eigenvalue weighted by Gasteiger charge is -1.83. The van der Waals surface area contributed by atoms with Gasteiger partial charge in [-0.2, -0.15) is 5.26 Å². The summed E-state index contributed by atoms with van der Waals surface area (Å²) in [6.45, 7) is 7.23. The van der Waals surface area contributed by atoms with Crippen LogP contribution in [-0.2, 0) is 0 Å². The molecule has 0 atom stereocenters. The maximum absolute atomic E-state index is 8.20. The number of hydrogen-bond acceptors (Lipinski definition) is 1. The van der Waals surface area contributed by atoms with Crippen LogP contribution in [0, 0.1) is 11.3 Å². The minimum Gasteiger partial charge on any atom is -0.193 e. The quantitative estimate of drug-likeness (QED) is 0.454. The van der Waals surface area contributed by atoms with E-state index in [1.807, 2.05) is 30.4 Å². The molecule has 12 heavy (non-hydrogen) atoms. The van der Waals surface area contributed by atoms with Crippen molar-refractivity contribution in [2.24, 2.45) is 0 Å². The summed E-state index contributed by atoms with van der Waals surface area (Å²) in [5.74, 6) is 0. The fourth-order valence-corrected chi connectivity index (χ4v) is 0.522. The van der Waals surface area contributed by atoms with E-state index in [1.54, 1.807) is 12.2 Å². The molecule has 0 heterocycles. The molecule has 0 aromatic carbocycles. The van der Waals surface area contributed by atoms with Crippen LogP contribution in [0.3, 0.4) is 0 Å². The molecule has 0 radical (unpaired) electrons. The number of nitriles is 1. The highest BCUT2D eigenvalue weighted by Crippen LogP contribution is 1.94. The van der Waals surface area contributed by atoms with Crippen molar-refractivity contribution < 1.29 is 0 Å². The molecule has 0 saturated heterocycles. The monoisotopic (exact) mass is 157 g/mol. The van der Waals surface area contributed by atoms with Crippen molar-refractivity contribution in [2.75, 3.05) is 0 Å². The second-order valence-corrected chi connectivity index (χ2v) is 2.02. The average Bonchev–Trinajstić information content (AvgIpc) is 2.09. The topological polar surface area (TPSA) is 23.8 Å². The van der Waals surface area contributed by atoms with E-state index in [1.165, 1.54) is 6.08 Å². The summed E-state index contributed by atoms with van der Waals surface area (Å²) >= 11 is 0. The van der Waals surface area contributed by atoms with Gasteiger partial charge >= 0.3 is 0 Å². The Morgan fingerprint density at radius 2 is 1.92 bits per heavy atom. The molecule has 0 aliphatic heterocycles. The molecule has 60 valence electrons. The molecular weight excluding hydrogens is 146 g/mol. The van der Waals surface area contributed by atoms with Gasteiger partial charge < -0.3 is 0 Å². The van der Waals surface area contributed by atoms with Crippen LogP contribution in [0.15, 0.2) is 61.3 Å². The van der Waals surface area contributed by atoms with Gasteiger partial charge in [0.25, 0.3) is 0 Å². The molecule has 0 rings (SSSR count). The normalized spacial score (nSPS) is 10.9. The third-order valence-corrected chi connectivity index (χ3v) is 1.04. The molecule has 0 amide bonds. The number of rotatable bonds is 4. The molecule has 0 unspecified atom stereocenters. The Morgan fingerprint density at radius 1 is 1.17 bits per heavy atom. The van der Waals surface area contributed by atoms with Gasteiger partial charge in [-0.1, -0.05) is 43.5 Å². The summed E-state index contributed by atoms with van der Waals surface area (Å²) in [5, 5.41) is 8.20. The maximum Gasteiger partial charge on any atom is 0.0912 e. The first-order chi connectivity index (χ1) is 5.81. The van der Waals surface area contributed by atoms with Crippen molar-refractivity contribution in [1.82, 2.24) is 0 Å². The van der Waals surface area contributed by atoms with Gasteiger partial charge in [-0.25, -0.2) is 0 Å². The predicted octanol–water partition coefficient (Wildman–Crippen LogP) is 2.92. The van der Waals surface area contributed by atoms with Crippen molar-refractivity contribution in [3.05, 3.63) is 61.3 Å². The van der Waals surface area contributed by atoms with Gasteiger partial charge in [-0.05, 0) is 11.6 Å². The van der Waals surface area contributed by atoms with Gasteiger partial charge in [0.15, 0.2) is 0 Å². The number of allylic oxidation sites excluding steroid dienone is 8. The van der Waals surface area contributed by atoms with E-state index in [4.69, 9.17) is 5.26 Å². The molecular formula is C11H11N. The van der Waals surface area contributed by atoms with Crippen LogP contribution >= 0.6 is 0 Å². The van der Waals surface area contributed by atoms with Crippen LogP contribution in [0.2, 0.25) is 0 Å². The summed E-state index contributed by atoms with van der Waals surface area (Å²) in [5.41, 5.74) is 0.797. The number of hydrogen-bond donors (Lipinski definition) is 0. The average molecular weight is 157 g/mol. The van der Waals surface area contributed by atoms with Crippen LogP contribution in [0.25, 0.3) is 0 Å². The fourth-order valence-electron chi connectivity index (χ4n) is 0.522. The van der Waals surface area contributed by atoms with Gasteiger partial charge in [0.05, 0.1) is 6.07 Å². The van der Waals surface area contributed by atoms with E-state index >= 15 is 0 Å². The molecule has 0 aliphatic rings. The Morgan fingerprint density at radius 3 is 2.50 bits per heavy atom. The zero-order chi connectivity index (χ0) is 9.23. The van der Waals surface area contributed by atoms with Crippen LogP contribution in [0.1, 0.15) is 0 Å². The molecule has 0 aliphatic carbocycles. The van der Waals surface area contributed by atoms with Crippen LogP contribution in [-0.4, -0.2) is 0 Å². The number of nitrogens with zero attached hydrogens (tertiary/aromatic N) is 1. The molecule has 0 spiro atoms. The highest BCUT2D eigenvalue weighted by molar-refractivity contribution is 5.31. The first-order valence-electron chi connectivity index (χ1n) is 3.52. The largest absolute Gasteiger partial charge is 0.193 e. The van der Waals surface area contributed by atoms with E-state index in [0.29, 0.717) is 0 Å². The van der Waals surface area contributed by atoms with E-state index in [9.17, 15) is 0 Å². The minimum atomic E-state index is 0.797. The lowest BCUT2D eigenvalue weighted by atomic mass is 10.2. The third-order valence-electron chi connectivity index (χ3n) is 1.04. The minimum absolute atomic E-state index is 0.797. The zero-order valence-electron chi connectivity index (χ0n) is 6.90. The molecule has 1 heteroatoms. The fraction of sp³-hybridized carbons (Fsp3) is 0. The predicted molar refractivity (Wildman–Crippen MR) is 52.4 cm³/mol. The van der Waals surface area contributed by atoms with Gasteiger partial charge in [-0.3, -0.25) is 0 Å². The Hall–Kier alpha value is -1.81. The van der Waals surface area contributed by atoms with Gasteiger partial charge in [0.1, 0.15) is 0 Å². The molecule has 0 bridgehead atoms. The summed E-state index contributed by atoms with van der Waals surface area (Å²) in [4.78, 5) is 0. The van der Waals surface area contributed by atoms with Crippen molar-refractivity contribution in [2.45, 2.75) is 0 Å². The summed E-state index contributed by atoms with van der Waals surface area (Å²) in [6, 6.07) is 1.89. The van der Waals surface area contributed by atoms with E-state index in [2.05, 4.69) is 13.2 Å². The van der Waals surface area contributed by atoms with Crippen molar-refractivity contribution >= 4 is 0 Å². The van der Waals surface area contributed by atoms with Crippen LogP contribution in [0.5, 0.6) is 0 Å². The van der Waals surface area contributed by atoms with Gasteiger partial charge in [0.2, 0.25) is 0 Å². The van der Waals surface area contributed by atoms with Crippen molar-refractivity contribution in [3.63, 3.8) is 0 Å². The molecule has 0 saturated carbocycles. The highest BCUT2D eigenvalue weighted by atomic mass is 14.2. The van der Waals surface area contributed by atoms with Crippen molar-refractivity contribution in [3.8, 4) is 6.07 Å². The second kappa shape index (κ2) is 7.30. The molecule has 1 nitrogen and oxygen atoms in total. The Bertz CT molecular complexity index is 272. The Kier molecular flexibility index (Phi) is 6.20. The third kappa shape index (κ3) is 6.31. The smallest absolute Gasteiger partial charge is 0.0912 e. The lowest BCUT2D eigenvalue weighted by Crippen LogP contribution is -1.63. The molecule has 0 aromatic heterocycles. The maximum atomic E-state index is 8.20. The Labute approximate surface area is 73.3 Å². The van der Waals surface area contributed by atoms with Crippen molar-refractivity contribution in [1.29, 1.82) is 5.26 Å². The Balaban J connectivity index is 3.93. The SMILES string of the molecule is C=CC=CC=CC(=C)C=CC#N. The summed E-state index contributed by atoms with van der Waals surface area (Å²) in [6.07, 6.45) is 12.1. The zero-order valence-corrected chi connectivity index (χ0v) is 6.90. The summed E-state index contributed by atoms with van der Waals surface area (Å²) in [7, 11) is 0. The van der Waals surface area contributed by atoms with E-state index in [-0.39, 0.29) is 0 Å². The second-order valence-electron chi connectivity index (χ2n) is 2.02. The highest BCUT2D eigenvalue weighted by Gasteiger charge is 1.75.